The van der Waals surface area contributed by atoms with E-state index in [2.05, 4.69) is 20.8 Å². The minimum atomic E-state index is -0.536. The minimum absolute atomic E-state index is 0.0453. The first-order chi connectivity index (χ1) is 14.8. The number of hydrogen-bond acceptors (Lipinski definition) is 5. The quantitative estimate of drug-likeness (QED) is 0.542. The Hall–Kier alpha value is -3.20. The average molecular weight is 442 g/mol. The molecule has 0 aliphatic carbocycles. The molecule has 9 heteroatoms. The third kappa shape index (κ3) is 5.91. The maximum atomic E-state index is 14.4. The summed E-state index contributed by atoms with van der Waals surface area (Å²) >= 11 is 1.12. The van der Waals surface area contributed by atoms with Gasteiger partial charge in [-0.3, -0.25) is 14.7 Å². The van der Waals surface area contributed by atoms with Crippen molar-refractivity contribution < 1.29 is 14.0 Å². The normalized spacial score (nSPS) is 10.9. The number of amides is 3. The molecule has 2 N–H and O–H groups in total. The predicted octanol–water partition coefficient (Wildman–Crippen LogP) is 3.96. The predicted molar refractivity (Wildman–Crippen MR) is 119 cm³/mol. The number of aryl methyl sites for hydroxylation is 1. The number of carbonyl (C=O) groups is 2. The lowest BCUT2D eigenvalue weighted by atomic mass is 10.2. The molecule has 0 spiro atoms. The summed E-state index contributed by atoms with van der Waals surface area (Å²) in [5, 5.41) is 13.7. The molecule has 0 atom stereocenters. The number of carbonyl (C=O) groups excluding carboxylic acids is 2. The van der Waals surface area contributed by atoms with Gasteiger partial charge in [0, 0.05) is 12.2 Å². The minimum Gasteiger partial charge on any atom is -0.338 e. The van der Waals surface area contributed by atoms with Crippen LogP contribution in [0.1, 0.15) is 19.4 Å². The van der Waals surface area contributed by atoms with Crippen molar-refractivity contribution >= 4 is 23.7 Å². The van der Waals surface area contributed by atoms with Gasteiger partial charge in [0.25, 0.3) is 0 Å². The van der Waals surface area contributed by atoms with Crippen LogP contribution >= 0.6 is 11.8 Å². The van der Waals surface area contributed by atoms with E-state index in [0.29, 0.717) is 23.1 Å². The Morgan fingerprint density at radius 1 is 1.10 bits per heavy atom. The molecule has 1 heterocycles. The number of halogens is 1. The van der Waals surface area contributed by atoms with Crippen molar-refractivity contribution in [3.8, 4) is 17.1 Å². The molecule has 0 fully saturated rings. The third-order valence-electron chi connectivity index (χ3n) is 4.30. The monoisotopic (exact) mass is 441 g/mol. The van der Waals surface area contributed by atoms with Crippen molar-refractivity contribution in [3.05, 3.63) is 59.9 Å². The zero-order valence-electron chi connectivity index (χ0n) is 17.6. The van der Waals surface area contributed by atoms with Crippen molar-refractivity contribution in [2.45, 2.75) is 25.9 Å². The summed E-state index contributed by atoms with van der Waals surface area (Å²) in [7, 11) is 0. The number of nitrogens with zero attached hydrogens (tertiary/aromatic N) is 3. The van der Waals surface area contributed by atoms with E-state index in [1.165, 1.54) is 6.07 Å². The zero-order chi connectivity index (χ0) is 22.4. The van der Waals surface area contributed by atoms with Crippen LogP contribution in [0.25, 0.3) is 17.1 Å². The lowest BCUT2D eigenvalue weighted by Crippen LogP contribution is -2.41. The number of thioether (sulfide) groups is 1. The van der Waals surface area contributed by atoms with Crippen LogP contribution in [0.2, 0.25) is 0 Å². The number of urea groups is 1. The fraction of sp³-hybridized carbons (Fsp3) is 0.273. The van der Waals surface area contributed by atoms with Gasteiger partial charge in [0.15, 0.2) is 11.0 Å². The van der Waals surface area contributed by atoms with Crippen LogP contribution in [0.5, 0.6) is 0 Å². The first-order valence-corrected chi connectivity index (χ1v) is 10.8. The highest BCUT2D eigenvalue weighted by atomic mass is 32.2. The molecule has 0 bridgehead atoms. The molecule has 3 amide bonds. The molecule has 0 aliphatic heterocycles. The summed E-state index contributed by atoms with van der Waals surface area (Å²) in [5.74, 6) is -0.313. The number of benzene rings is 2. The summed E-state index contributed by atoms with van der Waals surface area (Å²) in [5.41, 5.74) is 2.12. The maximum absolute atomic E-state index is 14.4. The van der Waals surface area contributed by atoms with Crippen molar-refractivity contribution in [2.75, 3.05) is 12.3 Å². The van der Waals surface area contributed by atoms with Crippen LogP contribution in [-0.2, 0) is 4.79 Å². The van der Waals surface area contributed by atoms with E-state index in [0.717, 1.165) is 23.0 Å². The molecule has 3 rings (SSSR count). The van der Waals surface area contributed by atoms with Gasteiger partial charge in [0.1, 0.15) is 5.82 Å². The van der Waals surface area contributed by atoms with Crippen LogP contribution in [-0.4, -0.2) is 39.0 Å². The fourth-order valence-corrected chi connectivity index (χ4v) is 3.49. The van der Waals surface area contributed by atoms with E-state index in [1.54, 1.807) is 22.8 Å². The van der Waals surface area contributed by atoms with Crippen molar-refractivity contribution in [1.82, 2.24) is 25.4 Å². The summed E-state index contributed by atoms with van der Waals surface area (Å²) in [6.07, 6.45) is 0. The Labute approximate surface area is 184 Å². The molecule has 0 unspecified atom stereocenters. The lowest BCUT2D eigenvalue weighted by Gasteiger charge is -2.11. The van der Waals surface area contributed by atoms with E-state index in [-0.39, 0.29) is 11.7 Å². The first-order valence-electron chi connectivity index (χ1n) is 9.83. The van der Waals surface area contributed by atoms with E-state index >= 15 is 0 Å². The largest absolute Gasteiger partial charge is 0.338 e. The topological polar surface area (TPSA) is 88.9 Å². The Bertz CT molecular complexity index is 1070. The molecular formula is C22H24FN5O2S. The maximum Gasteiger partial charge on any atom is 0.321 e. The highest BCUT2D eigenvalue weighted by Crippen LogP contribution is 2.29. The molecule has 2 aromatic carbocycles. The lowest BCUT2D eigenvalue weighted by molar-refractivity contribution is -0.117. The average Bonchev–Trinajstić information content (AvgIpc) is 3.15. The third-order valence-corrected chi connectivity index (χ3v) is 5.23. The van der Waals surface area contributed by atoms with E-state index in [1.807, 2.05) is 45.0 Å². The zero-order valence-corrected chi connectivity index (χ0v) is 18.4. The first kappa shape index (κ1) is 22.5. The van der Waals surface area contributed by atoms with E-state index < -0.39 is 17.8 Å². The summed E-state index contributed by atoms with van der Waals surface area (Å²) in [4.78, 5) is 24.0. The second kappa shape index (κ2) is 10.2. The van der Waals surface area contributed by atoms with E-state index in [9.17, 15) is 14.0 Å². The van der Waals surface area contributed by atoms with E-state index in [4.69, 9.17) is 0 Å². The Morgan fingerprint density at radius 3 is 2.48 bits per heavy atom. The van der Waals surface area contributed by atoms with Crippen molar-refractivity contribution in [1.29, 1.82) is 0 Å². The molecule has 0 radical (unpaired) electrons. The number of imide groups is 1. The second-order valence-corrected chi connectivity index (χ2v) is 8.34. The fourth-order valence-electron chi connectivity index (χ4n) is 2.74. The molecule has 0 saturated carbocycles. The Morgan fingerprint density at radius 2 is 1.81 bits per heavy atom. The van der Waals surface area contributed by atoms with Gasteiger partial charge in [-0.15, -0.1) is 10.2 Å². The highest BCUT2D eigenvalue weighted by Gasteiger charge is 2.20. The molecular weight excluding hydrogens is 417 g/mol. The van der Waals surface area contributed by atoms with Crippen molar-refractivity contribution in [3.63, 3.8) is 0 Å². The van der Waals surface area contributed by atoms with Gasteiger partial charge in [-0.05, 0) is 37.1 Å². The van der Waals surface area contributed by atoms with Gasteiger partial charge in [-0.25, -0.2) is 9.18 Å². The number of hydrogen-bond donors (Lipinski definition) is 2. The Balaban J connectivity index is 1.82. The van der Waals surface area contributed by atoms with Crippen LogP contribution in [0.4, 0.5) is 9.18 Å². The van der Waals surface area contributed by atoms with Gasteiger partial charge in [0.2, 0.25) is 5.91 Å². The van der Waals surface area contributed by atoms with Gasteiger partial charge < -0.3 is 5.32 Å². The molecule has 3 aromatic rings. The van der Waals surface area contributed by atoms with Gasteiger partial charge >= 0.3 is 6.03 Å². The highest BCUT2D eigenvalue weighted by molar-refractivity contribution is 7.99. The Kier molecular flexibility index (Phi) is 7.41. The van der Waals surface area contributed by atoms with Crippen LogP contribution < -0.4 is 10.6 Å². The second-order valence-electron chi connectivity index (χ2n) is 7.40. The number of nitrogens with one attached hydrogen (secondary N) is 2. The van der Waals surface area contributed by atoms with Gasteiger partial charge in [0.05, 0.1) is 11.3 Å². The summed E-state index contributed by atoms with van der Waals surface area (Å²) < 4.78 is 16.1. The van der Waals surface area contributed by atoms with Crippen LogP contribution in [0.3, 0.4) is 0 Å². The molecule has 162 valence electrons. The van der Waals surface area contributed by atoms with Crippen molar-refractivity contribution in [2.24, 2.45) is 5.92 Å². The molecule has 1 aromatic heterocycles. The molecule has 0 aliphatic rings. The molecule has 7 nitrogen and oxygen atoms in total. The molecule has 0 saturated heterocycles. The van der Waals surface area contributed by atoms with Crippen LogP contribution in [0, 0.1) is 18.7 Å². The summed E-state index contributed by atoms with van der Waals surface area (Å²) in [6, 6.07) is 13.4. The number of aromatic nitrogens is 3. The van der Waals surface area contributed by atoms with Gasteiger partial charge in [-0.1, -0.05) is 55.4 Å². The van der Waals surface area contributed by atoms with Crippen LogP contribution in [0.15, 0.2) is 53.7 Å². The SMILES string of the molecule is Cc1ccc(-n2c(SCC(=O)NC(=O)NCC(C)C)nnc2-c2ccccc2F)cc1. The standard InChI is InChI=1S/C22H24FN5O2S/c1-14(2)12-24-21(30)25-19(29)13-31-22-27-26-20(17-6-4-5-7-18(17)23)28(22)16-10-8-15(3)9-11-16/h4-11,14H,12-13H2,1-3H3,(H2,24,25,29,30). The summed E-state index contributed by atoms with van der Waals surface area (Å²) in [6.45, 7) is 6.37. The smallest absolute Gasteiger partial charge is 0.321 e. The van der Waals surface area contributed by atoms with Gasteiger partial charge in [-0.2, -0.15) is 0 Å². The number of rotatable bonds is 7. The molecule has 31 heavy (non-hydrogen) atoms.